The fourth-order valence-electron chi connectivity index (χ4n) is 2.49. The number of β-lactam (4-membered cyclic amide) rings is 1. The molecule has 0 saturated carbocycles. The summed E-state index contributed by atoms with van der Waals surface area (Å²) in [5.74, 6) is -0.912. The summed E-state index contributed by atoms with van der Waals surface area (Å²) in [5.41, 5.74) is 6.72. The molecule has 9 heteroatoms. The van der Waals surface area contributed by atoms with Crippen molar-refractivity contribution in [2.45, 2.75) is 17.2 Å². The summed E-state index contributed by atoms with van der Waals surface area (Å²) in [7, 11) is 0. The highest BCUT2D eigenvalue weighted by Crippen LogP contribution is 2.38. The molecule has 0 aliphatic carbocycles. The van der Waals surface area contributed by atoms with Crippen molar-refractivity contribution in [3.63, 3.8) is 0 Å². The number of nitrogens with zero attached hydrogens (tertiary/aromatic N) is 1. The molecule has 1 aromatic rings. The number of fused-ring (bicyclic) bond motifs is 1. The van der Waals surface area contributed by atoms with E-state index >= 15 is 0 Å². The van der Waals surface area contributed by atoms with E-state index < -0.39 is 17.9 Å². The van der Waals surface area contributed by atoms with Crippen molar-refractivity contribution in [2.24, 2.45) is 5.73 Å². The zero-order valence-corrected chi connectivity index (χ0v) is 14.1. The summed E-state index contributed by atoms with van der Waals surface area (Å²) in [6.07, 6.45) is 0. The van der Waals surface area contributed by atoms with Crippen LogP contribution in [0.3, 0.4) is 0 Å². The van der Waals surface area contributed by atoms with Gasteiger partial charge in [-0.05, 0) is 5.56 Å². The Morgan fingerprint density at radius 2 is 2.08 bits per heavy atom. The number of nitrogens with one attached hydrogen (secondary N) is 1. The maximum absolute atomic E-state index is 12.1. The number of carboxylic acids is 1. The van der Waals surface area contributed by atoms with Gasteiger partial charge in [-0.25, -0.2) is 4.79 Å². The molecule has 2 aliphatic rings. The maximum Gasteiger partial charge on any atom is 0.354 e. The third-order valence-electron chi connectivity index (χ3n) is 3.68. The Balaban J connectivity index is 1.69. The second-order valence-corrected chi connectivity index (χ2v) is 7.31. The number of carbonyl (C=O) groups is 3. The first-order valence-corrected chi connectivity index (χ1v) is 9.17. The molecular weight excluding hydrogens is 350 g/mol. The predicted molar refractivity (Wildman–Crippen MR) is 92.0 cm³/mol. The Bertz CT molecular complexity index is 723. The van der Waals surface area contributed by atoms with Gasteiger partial charge in [0.1, 0.15) is 11.4 Å². The van der Waals surface area contributed by atoms with Gasteiger partial charge in [-0.15, -0.1) is 11.8 Å². The molecule has 1 saturated heterocycles. The van der Waals surface area contributed by atoms with Gasteiger partial charge in [0.05, 0.1) is 5.70 Å². The van der Waals surface area contributed by atoms with Crippen molar-refractivity contribution < 1.29 is 19.5 Å². The predicted octanol–water partition coefficient (Wildman–Crippen LogP) is 1.17. The molecule has 2 atom stereocenters. The summed E-state index contributed by atoms with van der Waals surface area (Å²) < 4.78 is 0. The van der Waals surface area contributed by atoms with Gasteiger partial charge in [-0.3, -0.25) is 14.5 Å². The van der Waals surface area contributed by atoms with Crippen LogP contribution in [-0.4, -0.2) is 44.3 Å². The Morgan fingerprint density at radius 3 is 2.75 bits per heavy atom. The van der Waals surface area contributed by atoms with E-state index in [4.69, 9.17) is 5.73 Å². The average molecular weight is 365 g/mol. The van der Waals surface area contributed by atoms with E-state index in [1.807, 2.05) is 30.3 Å². The van der Waals surface area contributed by atoms with Crippen LogP contribution >= 0.6 is 23.5 Å². The van der Waals surface area contributed by atoms with Crippen LogP contribution in [0.15, 0.2) is 41.7 Å². The van der Waals surface area contributed by atoms with Crippen molar-refractivity contribution in [1.29, 1.82) is 0 Å². The summed E-state index contributed by atoms with van der Waals surface area (Å²) in [5, 5.41) is 11.3. The van der Waals surface area contributed by atoms with E-state index in [1.165, 1.54) is 11.8 Å². The number of aliphatic carboxylic acids is 1. The van der Waals surface area contributed by atoms with Crippen molar-refractivity contribution in [3.8, 4) is 0 Å². The second-order valence-electron chi connectivity index (χ2n) is 5.25. The van der Waals surface area contributed by atoms with Crippen LogP contribution in [0.25, 0.3) is 0 Å². The van der Waals surface area contributed by atoms with Gasteiger partial charge in [0, 0.05) is 11.5 Å². The molecule has 0 spiro atoms. The molecule has 1 aromatic carbocycles. The molecule has 0 aromatic heterocycles. The van der Waals surface area contributed by atoms with E-state index in [9.17, 15) is 19.5 Å². The average Bonchev–Trinajstić information content (AvgIpc) is 2.59. The van der Waals surface area contributed by atoms with Crippen LogP contribution in [0.5, 0.6) is 0 Å². The molecule has 126 valence electrons. The quantitative estimate of drug-likeness (QED) is 0.687. The number of benzene rings is 1. The first-order chi connectivity index (χ1) is 11.5. The normalized spacial score (nSPS) is 22.7. The molecule has 24 heavy (non-hydrogen) atoms. The molecule has 0 bridgehead atoms. The number of nitrogens with two attached hydrogens (primary N) is 1. The Hall–Kier alpha value is -1.97. The summed E-state index contributed by atoms with van der Waals surface area (Å²) in [6.45, 7) is 0. The van der Waals surface area contributed by atoms with E-state index in [-0.39, 0.29) is 22.0 Å². The zero-order valence-electron chi connectivity index (χ0n) is 12.5. The van der Waals surface area contributed by atoms with Gasteiger partial charge in [0.2, 0.25) is 5.91 Å². The van der Waals surface area contributed by atoms with E-state index in [1.54, 1.807) is 0 Å². The summed E-state index contributed by atoms with van der Waals surface area (Å²) >= 11 is 2.39. The number of amides is 2. The van der Waals surface area contributed by atoms with Gasteiger partial charge in [0.15, 0.2) is 5.70 Å². The number of carbonyl (C=O) groups excluding carboxylic acids is 2. The molecule has 7 nitrogen and oxygen atoms in total. The van der Waals surface area contributed by atoms with Crippen LogP contribution in [0.1, 0.15) is 5.56 Å². The number of carboxylic acid groups (broad SMARTS) is 1. The topological polar surface area (TPSA) is 113 Å². The van der Waals surface area contributed by atoms with Crippen LogP contribution < -0.4 is 11.1 Å². The fraction of sp³-hybridized carbons (Fsp3) is 0.267. The van der Waals surface area contributed by atoms with Crippen LogP contribution in [0.2, 0.25) is 0 Å². The molecule has 0 radical (unpaired) electrons. The molecule has 1 fully saturated rings. The minimum atomic E-state index is -1.25. The zero-order chi connectivity index (χ0) is 17.3. The monoisotopic (exact) mass is 365 g/mol. The highest BCUT2D eigenvalue weighted by molar-refractivity contribution is 8.12. The second kappa shape index (κ2) is 6.88. The number of hydrogen-bond acceptors (Lipinski definition) is 6. The first-order valence-electron chi connectivity index (χ1n) is 7.13. The van der Waals surface area contributed by atoms with Crippen LogP contribution in [-0.2, 0) is 15.3 Å². The molecule has 3 rings (SSSR count). The van der Waals surface area contributed by atoms with Crippen molar-refractivity contribution >= 4 is 40.6 Å². The van der Waals surface area contributed by atoms with Gasteiger partial charge in [-0.2, -0.15) is 0 Å². The highest BCUT2D eigenvalue weighted by Gasteiger charge is 2.52. The molecule has 2 heterocycles. The molecule has 1 unspecified atom stereocenters. The van der Waals surface area contributed by atoms with E-state index in [0.717, 1.165) is 22.2 Å². The smallest absolute Gasteiger partial charge is 0.354 e. The Labute approximate surface area is 146 Å². The van der Waals surface area contributed by atoms with Gasteiger partial charge < -0.3 is 16.2 Å². The number of thioether (sulfide) groups is 2. The molecule has 4 N–H and O–H groups in total. The third-order valence-corrected chi connectivity index (χ3v) is 5.82. The lowest BCUT2D eigenvalue weighted by atomic mass is 10.1. The van der Waals surface area contributed by atoms with Gasteiger partial charge in [-0.1, -0.05) is 42.1 Å². The lowest BCUT2D eigenvalue weighted by Gasteiger charge is -2.47. The lowest BCUT2D eigenvalue weighted by Crippen LogP contribution is -2.68. The number of rotatable bonds is 4. The Morgan fingerprint density at radius 1 is 1.38 bits per heavy atom. The Kier molecular flexibility index (Phi) is 4.83. The minimum absolute atomic E-state index is 0.181. The van der Waals surface area contributed by atoms with Crippen LogP contribution in [0, 0.1) is 0 Å². The summed E-state index contributed by atoms with van der Waals surface area (Å²) in [4.78, 5) is 36.6. The highest BCUT2D eigenvalue weighted by atomic mass is 32.2. The SMILES string of the molecule is NC1C(=O)N2C(C(=O)O)=C(NC(=O)SCc3ccccc3)CS[C@H]12. The van der Waals surface area contributed by atoms with E-state index in [0.29, 0.717) is 11.5 Å². The van der Waals surface area contributed by atoms with Crippen molar-refractivity contribution in [1.82, 2.24) is 10.2 Å². The lowest BCUT2D eigenvalue weighted by molar-refractivity contribution is -0.148. The molecule has 2 aliphatic heterocycles. The molecule has 2 amide bonds. The standard InChI is InChI=1S/C15H15N3O4S2/c16-10-12(19)18-11(14(20)21)9(7-23-13(10)18)17-15(22)24-6-8-4-2-1-3-5-8/h1-5,10,13H,6-7,16H2,(H,17,22)(H,20,21)/t10?,13-/m1/s1. The minimum Gasteiger partial charge on any atom is -0.477 e. The molecular formula is C15H15N3O4S2. The fourth-order valence-corrected chi connectivity index (χ4v) is 4.41. The van der Waals surface area contributed by atoms with Gasteiger partial charge >= 0.3 is 5.97 Å². The van der Waals surface area contributed by atoms with Gasteiger partial charge in [0.25, 0.3) is 5.24 Å². The third kappa shape index (κ3) is 3.14. The van der Waals surface area contributed by atoms with Crippen molar-refractivity contribution in [3.05, 3.63) is 47.3 Å². The van der Waals surface area contributed by atoms with Crippen LogP contribution in [0.4, 0.5) is 4.79 Å². The number of hydrogen-bond donors (Lipinski definition) is 3. The van der Waals surface area contributed by atoms with Crippen molar-refractivity contribution in [2.75, 3.05) is 5.75 Å². The maximum atomic E-state index is 12.1. The first kappa shape index (κ1) is 16.9. The summed E-state index contributed by atoms with van der Waals surface area (Å²) in [6, 6.07) is 8.79. The van der Waals surface area contributed by atoms with E-state index in [2.05, 4.69) is 5.32 Å². The largest absolute Gasteiger partial charge is 0.477 e.